The second-order valence-corrected chi connectivity index (χ2v) is 7.05. The molecule has 5 nitrogen and oxygen atoms in total. The summed E-state index contributed by atoms with van der Waals surface area (Å²) in [6, 6.07) is 10.2. The Balaban J connectivity index is 1.44. The number of piperazine rings is 1. The Labute approximate surface area is 146 Å². The number of hydrogen-bond acceptors (Lipinski definition) is 4. The Kier molecular flexibility index (Phi) is 4.39. The Bertz CT molecular complexity index is 762. The molecule has 1 saturated carbocycles. The van der Waals surface area contributed by atoms with Crippen LogP contribution in [0.15, 0.2) is 30.3 Å². The van der Waals surface area contributed by atoms with Crippen LogP contribution in [-0.4, -0.2) is 47.5 Å². The van der Waals surface area contributed by atoms with Crippen LogP contribution in [0.2, 0.25) is 5.02 Å². The van der Waals surface area contributed by atoms with Crippen molar-refractivity contribution in [2.24, 2.45) is 0 Å². The number of fused-ring (bicyclic) bond motifs is 1. The average Bonchev–Trinajstić information content (AvgIpc) is 3.40. The first kappa shape index (κ1) is 15.8. The Morgan fingerprint density at radius 3 is 3.04 bits per heavy atom. The second-order valence-electron chi connectivity index (χ2n) is 6.64. The molecule has 24 heavy (non-hydrogen) atoms. The maximum absolute atomic E-state index is 12.2. The molecule has 4 rings (SSSR count). The van der Waals surface area contributed by atoms with Gasteiger partial charge in [-0.3, -0.25) is 9.69 Å². The molecular weight excluding hydrogens is 324 g/mol. The summed E-state index contributed by atoms with van der Waals surface area (Å²) in [5, 5.41) is 8.12. The first-order chi connectivity index (χ1) is 11.7. The summed E-state index contributed by atoms with van der Waals surface area (Å²) in [7, 11) is 0. The third-order valence-corrected chi connectivity index (χ3v) is 4.92. The van der Waals surface area contributed by atoms with Crippen molar-refractivity contribution in [2.75, 3.05) is 19.6 Å². The first-order valence-corrected chi connectivity index (χ1v) is 8.87. The zero-order valence-corrected chi connectivity index (χ0v) is 14.2. The predicted octanol–water partition coefficient (Wildman–Crippen LogP) is 1.94. The zero-order valence-electron chi connectivity index (χ0n) is 13.5. The lowest BCUT2D eigenvalue weighted by Crippen LogP contribution is -2.57. The number of rotatable bonds is 4. The van der Waals surface area contributed by atoms with Crippen molar-refractivity contribution < 1.29 is 4.79 Å². The van der Waals surface area contributed by atoms with Crippen molar-refractivity contribution >= 4 is 28.4 Å². The number of pyridine rings is 1. The van der Waals surface area contributed by atoms with Crippen LogP contribution >= 0.6 is 11.6 Å². The molecule has 2 aromatic rings. The number of carbonyl (C=O) groups excluding carboxylic acids is 1. The molecule has 2 heterocycles. The van der Waals surface area contributed by atoms with Gasteiger partial charge < -0.3 is 10.6 Å². The van der Waals surface area contributed by atoms with Crippen molar-refractivity contribution in [3.05, 3.63) is 41.0 Å². The van der Waals surface area contributed by atoms with Gasteiger partial charge in [0, 0.05) is 37.6 Å². The molecule has 1 aromatic heterocycles. The molecule has 0 unspecified atom stereocenters. The van der Waals surface area contributed by atoms with Gasteiger partial charge in [0.1, 0.15) is 0 Å². The minimum Gasteiger partial charge on any atom is -0.352 e. The Hall–Kier alpha value is -1.69. The normalized spacial score (nSPS) is 21.8. The lowest BCUT2D eigenvalue weighted by molar-refractivity contribution is -0.124. The van der Waals surface area contributed by atoms with Crippen LogP contribution in [0.3, 0.4) is 0 Å². The molecular formula is C18H21ClN4O. The van der Waals surface area contributed by atoms with Crippen LogP contribution < -0.4 is 10.6 Å². The maximum Gasteiger partial charge on any atom is 0.238 e. The molecule has 126 valence electrons. The van der Waals surface area contributed by atoms with E-state index in [0.717, 1.165) is 49.1 Å². The van der Waals surface area contributed by atoms with Crippen LogP contribution in [0, 0.1) is 0 Å². The average molecular weight is 345 g/mol. The molecule has 1 amide bonds. The van der Waals surface area contributed by atoms with E-state index in [1.807, 2.05) is 24.3 Å². The molecule has 0 spiro atoms. The fraction of sp³-hybridized carbons (Fsp3) is 0.444. The molecule has 1 saturated heterocycles. The summed E-state index contributed by atoms with van der Waals surface area (Å²) in [5.74, 6) is 0.122. The Morgan fingerprint density at radius 2 is 2.21 bits per heavy atom. The maximum atomic E-state index is 12.2. The number of amides is 1. The number of benzene rings is 1. The van der Waals surface area contributed by atoms with E-state index >= 15 is 0 Å². The second kappa shape index (κ2) is 6.67. The third kappa shape index (κ3) is 3.53. The third-order valence-electron chi connectivity index (χ3n) is 4.61. The molecule has 0 radical (unpaired) electrons. The molecule has 1 aliphatic heterocycles. The molecule has 6 heteroatoms. The number of aromatic nitrogens is 1. The van der Waals surface area contributed by atoms with Gasteiger partial charge in [0.25, 0.3) is 0 Å². The van der Waals surface area contributed by atoms with E-state index in [2.05, 4.69) is 21.6 Å². The summed E-state index contributed by atoms with van der Waals surface area (Å²) in [6.45, 7) is 3.17. The van der Waals surface area contributed by atoms with Gasteiger partial charge in [0.15, 0.2) is 0 Å². The van der Waals surface area contributed by atoms with Gasteiger partial charge in [-0.25, -0.2) is 4.98 Å². The fourth-order valence-corrected chi connectivity index (χ4v) is 3.35. The molecule has 0 bridgehead atoms. The number of carbonyl (C=O) groups is 1. The summed E-state index contributed by atoms with van der Waals surface area (Å²) < 4.78 is 0. The molecule has 1 aliphatic carbocycles. The zero-order chi connectivity index (χ0) is 16.5. The number of nitrogens with zero attached hydrogens (tertiary/aromatic N) is 2. The minimum absolute atomic E-state index is 0.122. The van der Waals surface area contributed by atoms with E-state index in [4.69, 9.17) is 16.6 Å². The lowest BCUT2D eigenvalue weighted by Gasteiger charge is -2.32. The number of halogens is 1. The van der Waals surface area contributed by atoms with Gasteiger partial charge in [0.2, 0.25) is 5.91 Å². The van der Waals surface area contributed by atoms with Gasteiger partial charge in [-0.1, -0.05) is 29.8 Å². The van der Waals surface area contributed by atoms with E-state index in [0.29, 0.717) is 17.6 Å². The van der Waals surface area contributed by atoms with Crippen LogP contribution in [-0.2, 0) is 11.3 Å². The van der Waals surface area contributed by atoms with E-state index in [1.165, 1.54) is 0 Å². The molecule has 2 N–H and O–H groups in total. The van der Waals surface area contributed by atoms with Crippen molar-refractivity contribution in [3.63, 3.8) is 0 Å². The van der Waals surface area contributed by atoms with Crippen LogP contribution in [0.4, 0.5) is 0 Å². The minimum atomic E-state index is -0.136. The smallest absolute Gasteiger partial charge is 0.238 e. The molecule has 2 fully saturated rings. The van der Waals surface area contributed by atoms with Crippen LogP contribution in [0.1, 0.15) is 18.5 Å². The van der Waals surface area contributed by atoms with Crippen molar-refractivity contribution in [1.29, 1.82) is 0 Å². The van der Waals surface area contributed by atoms with Gasteiger partial charge >= 0.3 is 0 Å². The van der Waals surface area contributed by atoms with Gasteiger partial charge in [-0.15, -0.1) is 0 Å². The highest BCUT2D eigenvalue weighted by Crippen LogP contribution is 2.22. The molecule has 2 aliphatic rings. The topological polar surface area (TPSA) is 57.3 Å². The lowest BCUT2D eigenvalue weighted by atomic mass is 10.1. The van der Waals surface area contributed by atoms with Crippen molar-refractivity contribution in [2.45, 2.75) is 31.5 Å². The molecule has 1 atom stereocenters. The highest BCUT2D eigenvalue weighted by molar-refractivity contribution is 6.35. The monoisotopic (exact) mass is 344 g/mol. The summed E-state index contributed by atoms with van der Waals surface area (Å²) in [6.07, 6.45) is 2.23. The predicted molar refractivity (Wildman–Crippen MR) is 95.0 cm³/mol. The largest absolute Gasteiger partial charge is 0.352 e. The van der Waals surface area contributed by atoms with Gasteiger partial charge in [0.05, 0.1) is 22.3 Å². The number of para-hydroxylation sites is 1. The Morgan fingerprint density at radius 1 is 1.33 bits per heavy atom. The molecule has 1 aromatic carbocycles. The van der Waals surface area contributed by atoms with Crippen molar-refractivity contribution in [1.82, 2.24) is 20.5 Å². The van der Waals surface area contributed by atoms with E-state index in [-0.39, 0.29) is 11.9 Å². The number of hydrogen-bond donors (Lipinski definition) is 2. The number of nitrogens with one attached hydrogen (secondary N) is 2. The SMILES string of the molecule is O=C(NC1CC1)[C@@H]1CN(Cc2ccc3cccc(Cl)c3n2)CCN1. The van der Waals surface area contributed by atoms with Crippen molar-refractivity contribution in [3.8, 4) is 0 Å². The first-order valence-electron chi connectivity index (χ1n) is 8.49. The summed E-state index contributed by atoms with van der Waals surface area (Å²) in [5.41, 5.74) is 1.83. The fourth-order valence-electron chi connectivity index (χ4n) is 3.13. The highest BCUT2D eigenvalue weighted by Gasteiger charge is 2.30. The van der Waals surface area contributed by atoms with Crippen LogP contribution in [0.5, 0.6) is 0 Å². The standard InChI is InChI=1S/C18H21ClN4O/c19-15-3-1-2-12-4-5-14(21-17(12)15)10-23-9-8-20-16(11-23)18(24)22-13-6-7-13/h1-5,13,16,20H,6-11H2,(H,22,24)/t16-/m0/s1. The van der Waals surface area contributed by atoms with Gasteiger partial charge in [-0.2, -0.15) is 0 Å². The van der Waals surface area contributed by atoms with Gasteiger partial charge in [-0.05, 0) is 25.0 Å². The van der Waals surface area contributed by atoms with E-state index < -0.39 is 0 Å². The highest BCUT2D eigenvalue weighted by atomic mass is 35.5. The summed E-state index contributed by atoms with van der Waals surface area (Å²) in [4.78, 5) is 19.2. The summed E-state index contributed by atoms with van der Waals surface area (Å²) >= 11 is 6.25. The van der Waals surface area contributed by atoms with E-state index in [1.54, 1.807) is 0 Å². The van der Waals surface area contributed by atoms with Crippen LogP contribution in [0.25, 0.3) is 10.9 Å². The quantitative estimate of drug-likeness (QED) is 0.890. The van der Waals surface area contributed by atoms with E-state index in [9.17, 15) is 4.79 Å².